The summed E-state index contributed by atoms with van der Waals surface area (Å²) in [7, 11) is 6.46. The van der Waals surface area contributed by atoms with E-state index in [1.165, 1.54) is 4.90 Å². The fourth-order valence-corrected chi connectivity index (χ4v) is 6.34. The van der Waals surface area contributed by atoms with Crippen molar-refractivity contribution in [2.45, 2.75) is 43.6 Å². The number of primary amides is 1. The number of ketones is 2. The van der Waals surface area contributed by atoms with Crippen molar-refractivity contribution in [1.82, 2.24) is 10.2 Å². The van der Waals surface area contributed by atoms with Crippen molar-refractivity contribution in [3.63, 3.8) is 0 Å². The number of aromatic hydroxyl groups is 1. The predicted octanol–water partition coefficient (Wildman–Crippen LogP) is 1.23. The summed E-state index contributed by atoms with van der Waals surface area (Å²) in [6, 6.07) is 0.461. The van der Waals surface area contributed by atoms with Gasteiger partial charge in [0, 0.05) is 49.9 Å². The van der Waals surface area contributed by atoms with Crippen LogP contribution in [0, 0.1) is 11.8 Å². The second-order valence-corrected chi connectivity index (χ2v) is 11.2. The molecule has 0 bridgehead atoms. The van der Waals surface area contributed by atoms with E-state index in [4.69, 9.17) is 5.73 Å². The van der Waals surface area contributed by atoms with E-state index < -0.39 is 82.9 Å². The molecule has 4 atom stereocenters. The van der Waals surface area contributed by atoms with Gasteiger partial charge in [0.05, 0.1) is 18.0 Å². The van der Waals surface area contributed by atoms with Gasteiger partial charge in [-0.15, -0.1) is 0 Å². The van der Waals surface area contributed by atoms with Crippen LogP contribution in [0.5, 0.6) is 5.75 Å². The smallest absolute Gasteiger partial charge is 0.390 e. The number of phenols is 1. The Kier molecular flexibility index (Phi) is 7.65. The van der Waals surface area contributed by atoms with Crippen molar-refractivity contribution >= 4 is 23.2 Å². The molecule has 3 aliphatic carbocycles. The maximum absolute atomic E-state index is 13.9. The van der Waals surface area contributed by atoms with Crippen LogP contribution in [-0.2, 0) is 22.6 Å². The van der Waals surface area contributed by atoms with E-state index in [2.05, 4.69) is 5.32 Å². The molecule has 0 spiro atoms. The normalized spacial score (nSPS) is 26.2. The number of Topliss-reactive ketones (excluding diaryl/α,β-unsaturated/α-hetero) is 2. The maximum atomic E-state index is 13.9. The first-order chi connectivity index (χ1) is 18.9. The number of carbonyl (C=O) groups excluding carboxylic acids is 3. The molecule has 0 heterocycles. The number of alkyl halides is 3. The molecule has 7 N–H and O–H groups in total. The van der Waals surface area contributed by atoms with Crippen molar-refractivity contribution < 1.29 is 48.0 Å². The number of hydrogen-bond acceptors (Lipinski definition) is 10. The molecule has 0 aliphatic heterocycles. The third kappa shape index (κ3) is 4.83. The second kappa shape index (κ2) is 10.3. The highest BCUT2D eigenvalue weighted by atomic mass is 19.4. The zero-order chi connectivity index (χ0) is 30.8. The molecule has 14 heteroatoms. The number of anilines is 1. The number of amides is 1. The average Bonchev–Trinajstić information content (AvgIpc) is 2.83. The fourth-order valence-electron chi connectivity index (χ4n) is 6.34. The third-order valence-electron chi connectivity index (χ3n) is 8.16. The molecule has 0 fully saturated rings. The van der Waals surface area contributed by atoms with Crippen LogP contribution >= 0.6 is 0 Å². The quantitative estimate of drug-likeness (QED) is 0.203. The first-order valence-electron chi connectivity index (χ1n) is 12.9. The molecule has 0 saturated carbocycles. The standard InChI is InChI=1S/C27H33F3N4O7/c1-33(2)15-9-12(10-32-6-5-26(28,29)30)20(35)17-13(15)7-11-8-14-19(34(3)4)22(37)18(25(31)40)24(39)27(14,41)23(38)16(11)21(17)36/h9,11,14,19,32,35,37-38,41H,5-8,10H2,1-4H3,(H2,31,40)/t11?,14?,19-,27-/m0/s1. The molecule has 11 nitrogen and oxygen atoms in total. The third-order valence-corrected chi connectivity index (χ3v) is 8.16. The molecule has 41 heavy (non-hydrogen) atoms. The Balaban J connectivity index is 1.85. The van der Waals surface area contributed by atoms with Crippen LogP contribution < -0.4 is 16.0 Å². The average molecular weight is 583 g/mol. The Bertz CT molecular complexity index is 1390. The zero-order valence-electron chi connectivity index (χ0n) is 23.0. The van der Waals surface area contributed by atoms with E-state index in [1.54, 1.807) is 39.2 Å². The second-order valence-electron chi connectivity index (χ2n) is 11.2. The van der Waals surface area contributed by atoms with Crippen molar-refractivity contribution in [3.8, 4) is 5.75 Å². The summed E-state index contributed by atoms with van der Waals surface area (Å²) < 4.78 is 37.7. The van der Waals surface area contributed by atoms with Crippen molar-refractivity contribution in [3.05, 3.63) is 45.4 Å². The minimum atomic E-state index is -4.38. The molecule has 1 aromatic rings. The highest BCUT2D eigenvalue weighted by molar-refractivity contribution is 6.24. The summed E-state index contributed by atoms with van der Waals surface area (Å²) in [6.45, 7) is -0.621. The number of aliphatic hydroxyl groups excluding tert-OH is 2. The van der Waals surface area contributed by atoms with Crippen molar-refractivity contribution in [1.29, 1.82) is 0 Å². The van der Waals surface area contributed by atoms with Gasteiger partial charge >= 0.3 is 6.18 Å². The van der Waals surface area contributed by atoms with Gasteiger partial charge in [-0.1, -0.05) is 0 Å². The van der Waals surface area contributed by atoms with Crippen molar-refractivity contribution in [2.75, 3.05) is 39.6 Å². The van der Waals surface area contributed by atoms with Crippen LogP contribution in [0.1, 0.15) is 34.3 Å². The molecule has 4 rings (SSSR count). The molecule has 1 aromatic carbocycles. The van der Waals surface area contributed by atoms with Gasteiger partial charge in [-0.2, -0.15) is 13.2 Å². The summed E-state index contributed by atoms with van der Waals surface area (Å²) in [5.41, 5.74) is 2.23. The van der Waals surface area contributed by atoms with Crippen LogP contribution in [0.4, 0.5) is 18.9 Å². The molecule has 2 unspecified atom stereocenters. The molecule has 1 amide bonds. The van der Waals surface area contributed by atoms with Crippen LogP contribution in [0.2, 0.25) is 0 Å². The first kappa shape index (κ1) is 30.3. The Labute approximate surface area is 233 Å². The summed E-state index contributed by atoms with van der Waals surface area (Å²) >= 11 is 0. The van der Waals surface area contributed by atoms with Crippen LogP contribution in [0.15, 0.2) is 28.7 Å². The predicted molar refractivity (Wildman–Crippen MR) is 140 cm³/mol. The number of halogens is 3. The van der Waals surface area contributed by atoms with Gasteiger partial charge in [0.1, 0.15) is 22.8 Å². The van der Waals surface area contributed by atoms with E-state index in [9.17, 15) is 48.0 Å². The minimum Gasteiger partial charge on any atom is -0.510 e. The van der Waals surface area contributed by atoms with E-state index in [1.807, 2.05) is 0 Å². The van der Waals surface area contributed by atoms with Gasteiger partial charge in [-0.25, -0.2) is 0 Å². The number of nitrogens with zero attached hydrogens (tertiary/aromatic N) is 2. The first-order valence-corrected chi connectivity index (χ1v) is 12.9. The summed E-state index contributed by atoms with van der Waals surface area (Å²) in [5, 5.41) is 47.7. The zero-order valence-corrected chi connectivity index (χ0v) is 23.0. The number of phenolic OH excluding ortho intramolecular Hbond substituents is 1. The number of likely N-dealkylation sites (N-methyl/N-ethyl adjacent to an activating group) is 1. The number of rotatable bonds is 7. The number of nitrogens with one attached hydrogen (secondary N) is 1. The lowest BCUT2D eigenvalue weighted by atomic mass is 9.58. The van der Waals surface area contributed by atoms with Gasteiger partial charge in [0.25, 0.3) is 5.91 Å². The Morgan fingerprint density at radius 3 is 2.34 bits per heavy atom. The van der Waals surface area contributed by atoms with E-state index in [-0.39, 0.29) is 36.1 Å². The number of allylic oxidation sites excluding steroid dienone is 1. The van der Waals surface area contributed by atoms with Gasteiger partial charge in [-0.3, -0.25) is 19.3 Å². The molecule has 3 aliphatic rings. The Hall–Kier alpha value is -3.62. The molecule has 0 radical (unpaired) electrons. The fraction of sp³-hybridized carbons (Fsp3) is 0.519. The topological polar surface area (TPSA) is 177 Å². The SMILES string of the molecule is CN(C)c1cc(CNCCC(F)(F)F)c(O)c2c1CC1CC3[C@H](N(C)C)C(O)=C(C(N)=O)C(=O)[C@@]3(O)C(O)=C1C2=O. The number of nitrogens with two attached hydrogens (primary N) is 1. The molecule has 224 valence electrons. The molecular weight excluding hydrogens is 549 g/mol. The number of carbonyl (C=O) groups is 3. The monoisotopic (exact) mass is 582 g/mol. The molecule has 0 saturated heterocycles. The summed E-state index contributed by atoms with van der Waals surface area (Å²) in [6.07, 6.45) is -5.44. The van der Waals surface area contributed by atoms with Crippen LogP contribution in [-0.4, -0.2) is 95.4 Å². The number of benzene rings is 1. The lowest BCUT2D eigenvalue weighted by Gasteiger charge is -2.50. The molecule has 0 aromatic heterocycles. The van der Waals surface area contributed by atoms with E-state index in [0.29, 0.717) is 11.3 Å². The number of fused-ring (bicyclic) bond motifs is 3. The summed E-state index contributed by atoms with van der Waals surface area (Å²) in [5.74, 6) is -7.56. The Morgan fingerprint density at radius 2 is 1.80 bits per heavy atom. The Morgan fingerprint density at radius 1 is 1.17 bits per heavy atom. The highest BCUT2D eigenvalue weighted by Crippen LogP contribution is 2.53. The lowest BCUT2D eigenvalue weighted by molar-refractivity contribution is -0.148. The summed E-state index contributed by atoms with van der Waals surface area (Å²) in [4.78, 5) is 42.6. The van der Waals surface area contributed by atoms with Gasteiger partial charge in [0.15, 0.2) is 11.4 Å². The molecular formula is C27H33F3N4O7. The van der Waals surface area contributed by atoms with Crippen LogP contribution in [0.25, 0.3) is 0 Å². The van der Waals surface area contributed by atoms with E-state index in [0.717, 1.165) is 0 Å². The van der Waals surface area contributed by atoms with Gasteiger partial charge < -0.3 is 36.4 Å². The highest BCUT2D eigenvalue weighted by Gasteiger charge is 2.63. The number of aliphatic hydroxyl groups is 3. The van der Waals surface area contributed by atoms with Gasteiger partial charge in [0.2, 0.25) is 5.78 Å². The minimum absolute atomic E-state index is 0.0554. The maximum Gasteiger partial charge on any atom is 0.390 e. The van der Waals surface area contributed by atoms with E-state index >= 15 is 0 Å². The van der Waals surface area contributed by atoms with Gasteiger partial charge in [-0.05, 0) is 44.5 Å². The van der Waals surface area contributed by atoms with Crippen LogP contribution in [0.3, 0.4) is 0 Å². The van der Waals surface area contributed by atoms with Crippen molar-refractivity contribution in [2.24, 2.45) is 17.6 Å². The lowest BCUT2D eigenvalue weighted by Crippen LogP contribution is -2.63. The largest absolute Gasteiger partial charge is 0.510 e. The number of hydrogen-bond donors (Lipinski definition) is 6.